The van der Waals surface area contributed by atoms with E-state index in [4.69, 9.17) is 34.8 Å². The maximum absolute atomic E-state index is 13.0. The van der Waals surface area contributed by atoms with E-state index in [0.717, 1.165) is 0 Å². The van der Waals surface area contributed by atoms with Crippen molar-refractivity contribution in [2.75, 3.05) is 0 Å². The fourth-order valence-electron chi connectivity index (χ4n) is 1.68. The van der Waals surface area contributed by atoms with Crippen LogP contribution in [0.5, 0.6) is 0 Å². The van der Waals surface area contributed by atoms with Crippen LogP contribution in [0.15, 0.2) is 18.2 Å². The van der Waals surface area contributed by atoms with Crippen molar-refractivity contribution in [2.45, 2.75) is 19.8 Å². The standard InChI is InChI=1S/C13H10Cl3FN2/c1-6(2)10-11(15)18-13(19-12(10)16)8-4-3-7(17)5-9(8)14/h3-6H,1-2H3. The Hall–Kier alpha value is -0.900. The highest BCUT2D eigenvalue weighted by Gasteiger charge is 2.17. The Morgan fingerprint density at radius 1 is 1.05 bits per heavy atom. The van der Waals surface area contributed by atoms with E-state index in [1.54, 1.807) is 0 Å². The number of halogens is 4. The molecule has 0 bridgehead atoms. The third-order valence-corrected chi connectivity index (χ3v) is 3.49. The van der Waals surface area contributed by atoms with Crippen LogP contribution >= 0.6 is 34.8 Å². The second kappa shape index (κ2) is 5.61. The van der Waals surface area contributed by atoms with Crippen LogP contribution in [-0.4, -0.2) is 9.97 Å². The molecule has 2 rings (SSSR count). The van der Waals surface area contributed by atoms with Gasteiger partial charge in [0, 0.05) is 11.1 Å². The largest absolute Gasteiger partial charge is 0.216 e. The van der Waals surface area contributed by atoms with Crippen LogP contribution in [-0.2, 0) is 0 Å². The van der Waals surface area contributed by atoms with E-state index in [1.165, 1.54) is 18.2 Å². The average molecular weight is 320 g/mol. The van der Waals surface area contributed by atoms with Crippen molar-refractivity contribution < 1.29 is 4.39 Å². The minimum absolute atomic E-state index is 0.109. The molecule has 1 aromatic heterocycles. The fraction of sp³-hybridized carbons (Fsp3) is 0.231. The Balaban J connectivity index is 2.58. The zero-order chi connectivity index (χ0) is 14.2. The Morgan fingerprint density at radius 2 is 1.63 bits per heavy atom. The van der Waals surface area contributed by atoms with Gasteiger partial charge in [0.1, 0.15) is 16.1 Å². The highest BCUT2D eigenvalue weighted by atomic mass is 35.5. The summed E-state index contributed by atoms with van der Waals surface area (Å²) in [5, 5.41) is 0.778. The second-order valence-electron chi connectivity index (χ2n) is 4.32. The predicted octanol–water partition coefficient (Wildman–Crippen LogP) is 5.37. The van der Waals surface area contributed by atoms with Crippen molar-refractivity contribution in [1.82, 2.24) is 9.97 Å². The molecule has 0 amide bonds. The van der Waals surface area contributed by atoms with Gasteiger partial charge in [-0.1, -0.05) is 48.7 Å². The van der Waals surface area contributed by atoms with Crippen LogP contribution in [0.25, 0.3) is 11.4 Å². The maximum atomic E-state index is 13.0. The molecule has 1 aromatic carbocycles. The van der Waals surface area contributed by atoms with E-state index in [0.29, 0.717) is 11.1 Å². The number of rotatable bonds is 2. The van der Waals surface area contributed by atoms with Gasteiger partial charge in [-0.15, -0.1) is 0 Å². The lowest BCUT2D eigenvalue weighted by atomic mass is 10.1. The second-order valence-corrected chi connectivity index (χ2v) is 5.44. The number of hydrogen-bond donors (Lipinski definition) is 0. The smallest absolute Gasteiger partial charge is 0.164 e. The lowest BCUT2D eigenvalue weighted by Crippen LogP contribution is -1.99. The van der Waals surface area contributed by atoms with Crippen LogP contribution in [0.3, 0.4) is 0 Å². The minimum atomic E-state index is -0.426. The highest BCUT2D eigenvalue weighted by molar-refractivity contribution is 6.35. The zero-order valence-electron chi connectivity index (χ0n) is 10.2. The summed E-state index contributed by atoms with van der Waals surface area (Å²) in [6.07, 6.45) is 0. The first kappa shape index (κ1) is 14.5. The number of benzene rings is 1. The molecule has 0 saturated heterocycles. The predicted molar refractivity (Wildman–Crippen MR) is 76.5 cm³/mol. The molecule has 0 aliphatic rings. The average Bonchev–Trinajstić information content (AvgIpc) is 2.26. The van der Waals surface area contributed by atoms with Crippen molar-refractivity contribution in [3.63, 3.8) is 0 Å². The van der Waals surface area contributed by atoms with Crippen molar-refractivity contribution in [3.05, 3.63) is 44.9 Å². The molecular formula is C13H10Cl3FN2. The number of nitrogens with zero attached hydrogens (tertiary/aromatic N) is 2. The molecule has 0 aliphatic heterocycles. The molecule has 0 saturated carbocycles. The normalized spacial score (nSPS) is 11.1. The lowest BCUT2D eigenvalue weighted by molar-refractivity contribution is 0.628. The monoisotopic (exact) mass is 318 g/mol. The van der Waals surface area contributed by atoms with Crippen molar-refractivity contribution in [3.8, 4) is 11.4 Å². The van der Waals surface area contributed by atoms with Gasteiger partial charge in [-0.05, 0) is 24.1 Å². The van der Waals surface area contributed by atoms with E-state index < -0.39 is 5.82 Å². The van der Waals surface area contributed by atoms with Gasteiger partial charge in [0.05, 0.1) is 5.02 Å². The molecule has 2 nitrogen and oxygen atoms in total. The van der Waals surface area contributed by atoms with Gasteiger partial charge in [0.2, 0.25) is 0 Å². The summed E-state index contributed by atoms with van der Waals surface area (Å²) in [5.74, 6) is -0.0353. The van der Waals surface area contributed by atoms with Gasteiger partial charge >= 0.3 is 0 Å². The van der Waals surface area contributed by atoms with Crippen LogP contribution in [0.1, 0.15) is 25.3 Å². The lowest BCUT2D eigenvalue weighted by Gasteiger charge is -2.11. The van der Waals surface area contributed by atoms with Crippen LogP contribution < -0.4 is 0 Å². The van der Waals surface area contributed by atoms with Gasteiger partial charge in [0.15, 0.2) is 5.82 Å². The summed E-state index contributed by atoms with van der Waals surface area (Å²) in [5.41, 5.74) is 1.17. The molecule has 0 fully saturated rings. The van der Waals surface area contributed by atoms with Crippen LogP contribution in [0, 0.1) is 5.82 Å². The van der Waals surface area contributed by atoms with Crippen LogP contribution in [0.2, 0.25) is 15.3 Å². The van der Waals surface area contributed by atoms with Crippen molar-refractivity contribution >= 4 is 34.8 Å². The number of hydrogen-bond acceptors (Lipinski definition) is 2. The minimum Gasteiger partial charge on any atom is -0.216 e. The van der Waals surface area contributed by atoms with Gasteiger partial charge < -0.3 is 0 Å². The molecule has 0 unspecified atom stereocenters. The van der Waals surface area contributed by atoms with Gasteiger partial charge in [-0.2, -0.15) is 0 Å². The third-order valence-electron chi connectivity index (χ3n) is 2.60. The van der Waals surface area contributed by atoms with E-state index in [1.807, 2.05) is 13.8 Å². The highest BCUT2D eigenvalue weighted by Crippen LogP contribution is 2.33. The Kier molecular flexibility index (Phi) is 4.29. The molecule has 6 heteroatoms. The molecule has 1 heterocycles. The summed E-state index contributed by atoms with van der Waals surface area (Å²) >= 11 is 18.2. The molecule has 100 valence electrons. The van der Waals surface area contributed by atoms with Gasteiger partial charge in [-0.25, -0.2) is 14.4 Å². The topological polar surface area (TPSA) is 25.8 Å². The first-order chi connectivity index (χ1) is 8.90. The summed E-state index contributed by atoms with van der Waals surface area (Å²) in [7, 11) is 0. The van der Waals surface area contributed by atoms with Gasteiger partial charge in [0.25, 0.3) is 0 Å². The first-order valence-corrected chi connectivity index (χ1v) is 6.72. The molecule has 2 aromatic rings. The Morgan fingerprint density at radius 3 is 2.11 bits per heavy atom. The molecule has 0 N–H and O–H groups in total. The van der Waals surface area contributed by atoms with E-state index in [2.05, 4.69) is 9.97 Å². The van der Waals surface area contributed by atoms with Crippen molar-refractivity contribution in [1.29, 1.82) is 0 Å². The summed E-state index contributed by atoms with van der Waals surface area (Å²) < 4.78 is 13.0. The quantitative estimate of drug-likeness (QED) is 0.696. The Labute approximate surface area is 125 Å². The molecule has 19 heavy (non-hydrogen) atoms. The molecule has 0 atom stereocenters. The maximum Gasteiger partial charge on any atom is 0.164 e. The third kappa shape index (κ3) is 2.99. The fourth-order valence-corrected chi connectivity index (χ4v) is 2.76. The zero-order valence-corrected chi connectivity index (χ0v) is 12.5. The van der Waals surface area contributed by atoms with E-state index in [9.17, 15) is 4.39 Å². The first-order valence-electron chi connectivity index (χ1n) is 5.58. The SMILES string of the molecule is CC(C)c1c(Cl)nc(-c2ccc(F)cc2Cl)nc1Cl. The molecule has 0 spiro atoms. The van der Waals surface area contributed by atoms with E-state index in [-0.39, 0.29) is 27.1 Å². The van der Waals surface area contributed by atoms with E-state index >= 15 is 0 Å². The Bertz CT molecular complexity index is 606. The summed E-state index contributed by atoms with van der Waals surface area (Å²) in [6.45, 7) is 3.89. The molecule has 0 aliphatic carbocycles. The van der Waals surface area contributed by atoms with Crippen LogP contribution in [0.4, 0.5) is 4.39 Å². The molecular weight excluding hydrogens is 310 g/mol. The van der Waals surface area contributed by atoms with Gasteiger partial charge in [-0.3, -0.25) is 0 Å². The summed E-state index contributed by atoms with van der Waals surface area (Å²) in [6, 6.07) is 3.97. The molecule has 0 radical (unpaired) electrons. The number of aromatic nitrogens is 2. The van der Waals surface area contributed by atoms with Crippen molar-refractivity contribution in [2.24, 2.45) is 0 Å². The summed E-state index contributed by atoms with van der Waals surface area (Å²) in [4.78, 5) is 8.36.